The van der Waals surface area contributed by atoms with E-state index in [0.717, 1.165) is 10.4 Å². The molecule has 0 aliphatic carbocycles. The molecule has 2 heterocycles. The molecular weight excluding hydrogens is 254 g/mol. The summed E-state index contributed by atoms with van der Waals surface area (Å²) in [6.07, 6.45) is -0.234. The zero-order chi connectivity index (χ0) is 12.1. The predicted octanol–water partition coefficient (Wildman–Crippen LogP) is 2.20. The van der Waals surface area contributed by atoms with Crippen LogP contribution in [0.1, 0.15) is 16.5 Å². The van der Waals surface area contributed by atoms with Crippen molar-refractivity contribution in [2.45, 2.75) is 12.5 Å². The molecule has 0 spiro atoms. The van der Waals surface area contributed by atoms with Crippen molar-refractivity contribution in [1.29, 1.82) is 0 Å². The summed E-state index contributed by atoms with van der Waals surface area (Å²) in [5.74, 6) is -0.0540. The molecule has 0 bridgehead atoms. The van der Waals surface area contributed by atoms with Gasteiger partial charge in [-0.2, -0.15) is 11.3 Å². The van der Waals surface area contributed by atoms with E-state index in [9.17, 15) is 9.90 Å². The molecule has 0 saturated heterocycles. The van der Waals surface area contributed by atoms with E-state index in [4.69, 9.17) is 0 Å². The molecule has 0 aromatic carbocycles. The highest BCUT2D eigenvalue weighted by Gasteiger charge is 2.10. The van der Waals surface area contributed by atoms with E-state index in [1.54, 1.807) is 11.3 Å². The van der Waals surface area contributed by atoms with Crippen molar-refractivity contribution in [3.05, 3.63) is 44.8 Å². The van der Waals surface area contributed by atoms with Crippen LogP contribution in [-0.4, -0.2) is 17.6 Å². The molecule has 2 rings (SSSR count). The van der Waals surface area contributed by atoms with E-state index < -0.39 is 6.10 Å². The van der Waals surface area contributed by atoms with Crippen molar-refractivity contribution < 1.29 is 9.90 Å². The predicted molar refractivity (Wildman–Crippen MR) is 70.3 cm³/mol. The van der Waals surface area contributed by atoms with Gasteiger partial charge in [0.25, 0.3) is 0 Å². The van der Waals surface area contributed by atoms with Crippen molar-refractivity contribution in [3.8, 4) is 0 Å². The Labute approximate surface area is 108 Å². The highest BCUT2D eigenvalue weighted by molar-refractivity contribution is 7.10. The Morgan fingerprint density at radius 2 is 2.29 bits per heavy atom. The average molecular weight is 267 g/mol. The van der Waals surface area contributed by atoms with Crippen LogP contribution in [0.3, 0.4) is 0 Å². The number of thiophene rings is 2. The standard InChI is InChI=1S/C12H13NO2S2/c14-11(9-3-5-16-8-9)7-13-12(15)6-10-2-1-4-17-10/h1-5,8,11,14H,6-7H2,(H,13,15). The lowest BCUT2D eigenvalue weighted by Gasteiger charge is -2.10. The second-order valence-corrected chi connectivity index (χ2v) is 5.44. The number of rotatable bonds is 5. The van der Waals surface area contributed by atoms with Crippen LogP contribution in [0.2, 0.25) is 0 Å². The molecule has 5 heteroatoms. The maximum Gasteiger partial charge on any atom is 0.225 e. The van der Waals surface area contributed by atoms with Gasteiger partial charge in [-0.15, -0.1) is 11.3 Å². The molecule has 0 saturated carbocycles. The number of aliphatic hydroxyl groups excluding tert-OH is 1. The van der Waals surface area contributed by atoms with Gasteiger partial charge in [-0.25, -0.2) is 0 Å². The van der Waals surface area contributed by atoms with Crippen LogP contribution < -0.4 is 5.32 Å². The maximum absolute atomic E-state index is 11.6. The summed E-state index contributed by atoms with van der Waals surface area (Å²) in [6.45, 7) is 0.265. The quantitative estimate of drug-likeness (QED) is 0.872. The lowest BCUT2D eigenvalue weighted by Crippen LogP contribution is -2.29. The maximum atomic E-state index is 11.6. The fourth-order valence-corrected chi connectivity index (χ4v) is 2.84. The van der Waals surface area contributed by atoms with Gasteiger partial charge in [-0.05, 0) is 33.8 Å². The van der Waals surface area contributed by atoms with Crippen LogP contribution in [0.5, 0.6) is 0 Å². The van der Waals surface area contributed by atoms with Crippen LogP contribution in [0, 0.1) is 0 Å². The molecular formula is C12H13NO2S2. The summed E-state index contributed by atoms with van der Waals surface area (Å²) < 4.78 is 0. The smallest absolute Gasteiger partial charge is 0.225 e. The van der Waals surface area contributed by atoms with Gasteiger partial charge >= 0.3 is 0 Å². The van der Waals surface area contributed by atoms with Gasteiger partial charge in [0.1, 0.15) is 0 Å². The second kappa shape index (κ2) is 5.95. The minimum Gasteiger partial charge on any atom is -0.387 e. The van der Waals surface area contributed by atoms with Crippen molar-refractivity contribution in [3.63, 3.8) is 0 Å². The van der Waals surface area contributed by atoms with E-state index >= 15 is 0 Å². The summed E-state index contributed by atoms with van der Waals surface area (Å²) in [7, 11) is 0. The third-order valence-electron chi connectivity index (χ3n) is 2.34. The zero-order valence-corrected chi connectivity index (χ0v) is 10.8. The van der Waals surface area contributed by atoms with Gasteiger partial charge in [0, 0.05) is 11.4 Å². The first-order valence-electron chi connectivity index (χ1n) is 5.25. The fourth-order valence-electron chi connectivity index (χ4n) is 1.43. The van der Waals surface area contributed by atoms with Crippen LogP contribution in [-0.2, 0) is 11.2 Å². The molecule has 1 atom stereocenters. The first-order valence-corrected chi connectivity index (χ1v) is 7.07. The van der Waals surface area contributed by atoms with Gasteiger partial charge in [0.05, 0.1) is 12.5 Å². The highest BCUT2D eigenvalue weighted by Crippen LogP contribution is 2.15. The Hall–Kier alpha value is -1.17. The minimum atomic E-state index is -0.617. The number of aliphatic hydroxyl groups is 1. The lowest BCUT2D eigenvalue weighted by atomic mass is 10.2. The van der Waals surface area contributed by atoms with Gasteiger partial charge < -0.3 is 10.4 Å². The summed E-state index contributed by atoms with van der Waals surface area (Å²) >= 11 is 3.10. The Bertz CT molecular complexity index is 451. The highest BCUT2D eigenvalue weighted by atomic mass is 32.1. The van der Waals surface area contributed by atoms with Crippen molar-refractivity contribution >= 4 is 28.6 Å². The molecule has 0 aliphatic rings. The molecule has 0 radical (unpaired) electrons. The van der Waals surface area contributed by atoms with Crippen molar-refractivity contribution in [1.82, 2.24) is 5.32 Å². The molecule has 0 aliphatic heterocycles. The molecule has 1 amide bonds. The SMILES string of the molecule is O=C(Cc1cccs1)NCC(O)c1ccsc1. The van der Waals surface area contributed by atoms with Crippen LogP contribution in [0.15, 0.2) is 34.3 Å². The molecule has 2 aromatic rings. The lowest BCUT2D eigenvalue weighted by molar-refractivity contribution is -0.120. The molecule has 1 unspecified atom stereocenters. The summed E-state index contributed by atoms with van der Waals surface area (Å²) in [4.78, 5) is 12.6. The fraction of sp³-hybridized carbons (Fsp3) is 0.250. The topological polar surface area (TPSA) is 49.3 Å². The minimum absolute atomic E-state index is 0.0540. The number of amides is 1. The summed E-state index contributed by atoms with van der Waals surface area (Å²) in [5.41, 5.74) is 0.853. The summed E-state index contributed by atoms with van der Waals surface area (Å²) in [5, 5.41) is 18.3. The monoisotopic (exact) mass is 267 g/mol. The van der Waals surface area contributed by atoms with E-state index in [0.29, 0.717) is 6.42 Å². The number of nitrogens with one attached hydrogen (secondary N) is 1. The van der Waals surface area contributed by atoms with Gasteiger partial charge in [0.15, 0.2) is 0 Å². The van der Waals surface area contributed by atoms with Crippen LogP contribution >= 0.6 is 22.7 Å². The van der Waals surface area contributed by atoms with E-state index in [-0.39, 0.29) is 12.5 Å². The Morgan fingerprint density at radius 3 is 2.94 bits per heavy atom. The van der Waals surface area contributed by atoms with Crippen molar-refractivity contribution in [2.24, 2.45) is 0 Å². The zero-order valence-electron chi connectivity index (χ0n) is 9.13. The second-order valence-electron chi connectivity index (χ2n) is 3.63. The van der Waals surface area contributed by atoms with Crippen LogP contribution in [0.25, 0.3) is 0 Å². The molecule has 0 fully saturated rings. The van der Waals surface area contributed by atoms with E-state index in [1.165, 1.54) is 11.3 Å². The normalized spacial score (nSPS) is 12.3. The molecule has 17 heavy (non-hydrogen) atoms. The number of hydrogen-bond acceptors (Lipinski definition) is 4. The molecule has 2 aromatic heterocycles. The third-order valence-corrected chi connectivity index (χ3v) is 3.91. The Balaban J connectivity index is 1.76. The van der Waals surface area contributed by atoms with Gasteiger partial charge in [-0.1, -0.05) is 6.07 Å². The molecule has 3 nitrogen and oxygen atoms in total. The largest absolute Gasteiger partial charge is 0.387 e. The van der Waals surface area contributed by atoms with Gasteiger partial charge in [0.2, 0.25) is 5.91 Å². The van der Waals surface area contributed by atoms with Crippen molar-refractivity contribution in [2.75, 3.05) is 6.54 Å². The van der Waals surface area contributed by atoms with Crippen LogP contribution in [0.4, 0.5) is 0 Å². The number of carbonyl (C=O) groups excluding carboxylic acids is 1. The third kappa shape index (κ3) is 3.66. The van der Waals surface area contributed by atoms with E-state index in [2.05, 4.69) is 5.32 Å². The van der Waals surface area contributed by atoms with Gasteiger partial charge in [-0.3, -0.25) is 4.79 Å². The Morgan fingerprint density at radius 1 is 1.41 bits per heavy atom. The number of hydrogen-bond donors (Lipinski definition) is 2. The number of carbonyl (C=O) groups is 1. The first-order chi connectivity index (χ1) is 8.25. The molecule has 2 N–H and O–H groups in total. The average Bonchev–Trinajstić information content (AvgIpc) is 2.97. The first kappa shape index (κ1) is 12.3. The van der Waals surface area contributed by atoms with E-state index in [1.807, 2.05) is 34.3 Å². The molecule has 90 valence electrons. The summed E-state index contributed by atoms with van der Waals surface area (Å²) in [6, 6.07) is 5.72. The Kier molecular flexibility index (Phi) is 4.30.